The second-order valence-electron chi connectivity index (χ2n) is 5.49. The minimum atomic E-state index is -0.795. The van der Waals surface area contributed by atoms with Crippen LogP contribution < -0.4 is 16.4 Å². The summed E-state index contributed by atoms with van der Waals surface area (Å²) in [5.41, 5.74) is 4.72. The molecule has 0 aromatic carbocycles. The van der Waals surface area contributed by atoms with Gasteiger partial charge in [0, 0.05) is 30.5 Å². The summed E-state index contributed by atoms with van der Waals surface area (Å²) in [6, 6.07) is 0.215. The van der Waals surface area contributed by atoms with Gasteiger partial charge in [0.15, 0.2) is 0 Å². The molecule has 2 fully saturated rings. The van der Waals surface area contributed by atoms with Gasteiger partial charge in [-0.3, -0.25) is 9.59 Å². The Hall–Kier alpha value is -0.460. The molecule has 0 aromatic heterocycles. The van der Waals surface area contributed by atoms with Crippen molar-refractivity contribution in [1.82, 2.24) is 10.6 Å². The Kier molecular flexibility index (Phi) is 7.12. The van der Waals surface area contributed by atoms with Gasteiger partial charge in [-0.25, -0.2) is 0 Å². The topological polar surface area (TPSA) is 84.2 Å². The summed E-state index contributed by atoms with van der Waals surface area (Å²) in [6.45, 7) is 0.948. The maximum absolute atomic E-state index is 12.1. The standard InChI is InChI=1S/C13H23N3O2S.ClH/c14-12(18)13(4-2-1-3-5-13)16-11(17)8-10-9-19-7-6-15-10;/h10,15H,1-9H2,(H2,14,18)(H,16,17);1H. The van der Waals surface area contributed by atoms with Crippen molar-refractivity contribution in [3.8, 4) is 0 Å². The normalized spacial score (nSPS) is 25.3. The molecule has 1 aliphatic heterocycles. The summed E-state index contributed by atoms with van der Waals surface area (Å²) >= 11 is 1.86. The highest BCUT2D eigenvalue weighted by Crippen LogP contribution is 2.28. The Labute approximate surface area is 130 Å². The molecule has 116 valence electrons. The molecule has 1 unspecified atom stereocenters. The molecule has 2 rings (SSSR count). The maximum Gasteiger partial charge on any atom is 0.243 e. The molecule has 2 amide bonds. The Morgan fingerprint density at radius 1 is 1.30 bits per heavy atom. The van der Waals surface area contributed by atoms with E-state index in [4.69, 9.17) is 5.73 Å². The third kappa shape index (κ3) is 4.53. The fraction of sp³-hybridized carbons (Fsp3) is 0.846. The lowest BCUT2D eigenvalue weighted by Crippen LogP contribution is -2.59. The van der Waals surface area contributed by atoms with Gasteiger partial charge in [-0.1, -0.05) is 19.3 Å². The van der Waals surface area contributed by atoms with Crippen molar-refractivity contribution in [2.75, 3.05) is 18.1 Å². The Morgan fingerprint density at radius 3 is 2.55 bits per heavy atom. The van der Waals surface area contributed by atoms with E-state index < -0.39 is 5.54 Å². The molecule has 5 nitrogen and oxygen atoms in total. The van der Waals surface area contributed by atoms with Crippen LogP contribution in [0.5, 0.6) is 0 Å². The van der Waals surface area contributed by atoms with Crippen molar-refractivity contribution in [2.24, 2.45) is 5.73 Å². The van der Waals surface area contributed by atoms with E-state index >= 15 is 0 Å². The summed E-state index contributed by atoms with van der Waals surface area (Å²) in [5, 5.41) is 6.25. The third-order valence-electron chi connectivity index (χ3n) is 3.99. The number of primary amides is 1. The average molecular weight is 322 g/mol. The van der Waals surface area contributed by atoms with E-state index in [9.17, 15) is 9.59 Å². The van der Waals surface area contributed by atoms with Crippen LogP contribution in [-0.4, -0.2) is 41.4 Å². The predicted molar refractivity (Wildman–Crippen MR) is 84.1 cm³/mol. The molecule has 4 N–H and O–H groups in total. The first-order valence-corrected chi connectivity index (χ1v) is 8.20. The van der Waals surface area contributed by atoms with Gasteiger partial charge < -0.3 is 16.4 Å². The molecule has 0 bridgehead atoms. The van der Waals surface area contributed by atoms with Crippen LogP contribution in [0.25, 0.3) is 0 Å². The highest BCUT2D eigenvalue weighted by molar-refractivity contribution is 7.99. The van der Waals surface area contributed by atoms with E-state index in [2.05, 4.69) is 10.6 Å². The van der Waals surface area contributed by atoms with Gasteiger partial charge in [0.25, 0.3) is 0 Å². The predicted octanol–water partition coefficient (Wildman–Crippen LogP) is 0.808. The van der Waals surface area contributed by atoms with Gasteiger partial charge in [-0.2, -0.15) is 11.8 Å². The largest absolute Gasteiger partial charge is 0.368 e. The zero-order valence-corrected chi connectivity index (χ0v) is 13.3. The van der Waals surface area contributed by atoms with Crippen molar-refractivity contribution in [1.29, 1.82) is 0 Å². The van der Waals surface area contributed by atoms with Crippen LogP contribution in [0, 0.1) is 0 Å². The molecule has 0 spiro atoms. The van der Waals surface area contributed by atoms with Crippen LogP contribution in [0.4, 0.5) is 0 Å². The molecule has 1 heterocycles. The first-order chi connectivity index (χ1) is 9.12. The van der Waals surface area contributed by atoms with Gasteiger partial charge in [-0.15, -0.1) is 12.4 Å². The lowest BCUT2D eigenvalue weighted by atomic mass is 9.81. The lowest BCUT2D eigenvalue weighted by molar-refractivity contribution is -0.133. The highest BCUT2D eigenvalue weighted by Gasteiger charge is 2.39. The van der Waals surface area contributed by atoms with Crippen molar-refractivity contribution in [3.63, 3.8) is 0 Å². The van der Waals surface area contributed by atoms with Gasteiger partial charge >= 0.3 is 0 Å². The van der Waals surface area contributed by atoms with Gasteiger partial charge in [0.05, 0.1) is 0 Å². The van der Waals surface area contributed by atoms with Gasteiger partial charge in [-0.05, 0) is 12.8 Å². The van der Waals surface area contributed by atoms with Crippen LogP contribution >= 0.6 is 24.2 Å². The molecule has 1 saturated heterocycles. The number of hydrogen-bond acceptors (Lipinski definition) is 4. The highest BCUT2D eigenvalue weighted by atomic mass is 35.5. The van der Waals surface area contributed by atoms with Crippen LogP contribution in [-0.2, 0) is 9.59 Å². The summed E-state index contributed by atoms with van der Waals surface area (Å²) in [7, 11) is 0. The second kappa shape index (κ2) is 8.10. The second-order valence-corrected chi connectivity index (χ2v) is 6.64. The van der Waals surface area contributed by atoms with Crippen molar-refractivity contribution < 1.29 is 9.59 Å². The molecule has 7 heteroatoms. The summed E-state index contributed by atoms with van der Waals surface area (Å²) in [4.78, 5) is 23.8. The molecular weight excluding hydrogens is 298 g/mol. The Bertz CT molecular complexity index is 343. The third-order valence-corrected chi connectivity index (χ3v) is 5.12. The first kappa shape index (κ1) is 17.6. The minimum Gasteiger partial charge on any atom is -0.368 e. The quantitative estimate of drug-likeness (QED) is 0.715. The lowest BCUT2D eigenvalue weighted by Gasteiger charge is -2.35. The van der Waals surface area contributed by atoms with Crippen LogP contribution in [0.2, 0.25) is 0 Å². The number of nitrogens with one attached hydrogen (secondary N) is 2. The van der Waals surface area contributed by atoms with Crippen LogP contribution in [0.1, 0.15) is 38.5 Å². The Balaban J connectivity index is 0.00000200. The number of carbonyl (C=O) groups is 2. The molecule has 1 atom stereocenters. The van der Waals surface area contributed by atoms with E-state index in [1.165, 1.54) is 0 Å². The zero-order valence-electron chi connectivity index (χ0n) is 11.7. The van der Waals surface area contributed by atoms with E-state index in [-0.39, 0.29) is 30.3 Å². The van der Waals surface area contributed by atoms with E-state index in [1.54, 1.807) is 0 Å². The number of amides is 2. The van der Waals surface area contributed by atoms with E-state index in [0.717, 1.165) is 37.3 Å². The number of halogens is 1. The number of hydrogen-bond donors (Lipinski definition) is 3. The number of rotatable bonds is 4. The summed E-state index contributed by atoms with van der Waals surface area (Å²) < 4.78 is 0. The van der Waals surface area contributed by atoms with Crippen molar-refractivity contribution in [3.05, 3.63) is 0 Å². The molecule has 1 aliphatic carbocycles. The van der Waals surface area contributed by atoms with Gasteiger partial charge in [0.1, 0.15) is 5.54 Å². The monoisotopic (exact) mass is 321 g/mol. The molecular formula is C13H24ClN3O2S. The Morgan fingerprint density at radius 2 is 2.00 bits per heavy atom. The first-order valence-electron chi connectivity index (χ1n) is 7.04. The number of thioether (sulfide) groups is 1. The molecule has 0 aromatic rings. The van der Waals surface area contributed by atoms with Crippen LogP contribution in [0.15, 0.2) is 0 Å². The minimum absolute atomic E-state index is 0. The van der Waals surface area contributed by atoms with Crippen LogP contribution in [0.3, 0.4) is 0 Å². The van der Waals surface area contributed by atoms with Crippen molar-refractivity contribution in [2.45, 2.75) is 50.1 Å². The summed E-state index contributed by atoms with van der Waals surface area (Å²) in [5.74, 6) is 1.62. The summed E-state index contributed by atoms with van der Waals surface area (Å²) in [6.07, 6.45) is 4.83. The van der Waals surface area contributed by atoms with Crippen molar-refractivity contribution >= 4 is 36.0 Å². The van der Waals surface area contributed by atoms with E-state index in [0.29, 0.717) is 19.3 Å². The molecule has 1 saturated carbocycles. The molecule has 2 aliphatic rings. The fourth-order valence-electron chi connectivity index (χ4n) is 2.88. The number of nitrogens with two attached hydrogens (primary N) is 1. The average Bonchev–Trinajstić information content (AvgIpc) is 2.40. The molecule has 0 radical (unpaired) electrons. The molecule has 20 heavy (non-hydrogen) atoms. The smallest absolute Gasteiger partial charge is 0.243 e. The van der Waals surface area contributed by atoms with Gasteiger partial charge in [0.2, 0.25) is 11.8 Å². The SMILES string of the molecule is Cl.NC(=O)C1(NC(=O)CC2CSCCN2)CCCCC1. The number of carbonyl (C=O) groups excluding carboxylic acids is 2. The van der Waals surface area contributed by atoms with E-state index in [1.807, 2.05) is 11.8 Å². The zero-order chi connectivity index (χ0) is 13.7. The fourth-order valence-corrected chi connectivity index (χ4v) is 3.83. The maximum atomic E-state index is 12.1.